The van der Waals surface area contributed by atoms with Gasteiger partial charge in [-0.1, -0.05) is 15.9 Å². The highest BCUT2D eigenvalue weighted by atomic mass is 79.9. The number of piperidine rings is 1. The van der Waals surface area contributed by atoms with Crippen LogP contribution in [0.15, 0.2) is 41.0 Å². The summed E-state index contributed by atoms with van der Waals surface area (Å²) in [6, 6.07) is 10.2. The molecule has 1 aliphatic heterocycles. The van der Waals surface area contributed by atoms with Gasteiger partial charge in [-0.2, -0.15) is 5.26 Å². The summed E-state index contributed by atoms with van der Waals surface area (Å²) in [5.74, 6) is 0.511. The Labute approximate surface area is 172 Å². The van der Waals surface area contributed by atoms with Crippen molar-refractivity contribution in [3.63, 3.8) is 0 Å². The Bertz CT molecular complexity index is 875. The van der Waals surface area contributed by atoms with Crippen molar-refractivity contribution < 1.29 is 9.18 Å². The van der Waals surface area contributed by atoms with Crippen LogP contribution in [0.4, 0.5) is 15.0 Å². The molecule has 1 aromatic heterocycles. The van der Waals surface area contributed by atoms with Gasteiger partial charge in [0, 0.05) is 49.0 Å². The number of nitrogens with zero attached hydrogens (tertiary/aromatic N) is 4. The number of carbonyl (C=O) groups is 1. The molecule has 1 saturated heterocycles. The number of benzene rings is 1. The predicted molar refractivity (Wildman–Crippen MR) is 108 cm³/mol. The smallest absolute Gasteiger partial charge is 0.317 e. The van der Waals surface area contributed by atoms with Crippen molar-refractivity contribution in [2.24, 2.45) is 0 Å². The van der Waals surface area contributed by atoms with Crippen LogP contribution < -0.4 is 10.2 Å². The van der Waals surface area contributed by atoms with Crippen LogP contribution in [0, 0.1) is 17.1 Å². The summed E-state index contributed by atoms with van der Waals surface area (Å²) in [7, 11) is 1.66. The molecule has 0 bridgehead atoms. The molecule has 1 N–H and O–H groups in total. The fourth-order valence-electron chi connectivity index (χ4n) is 3.17. The average molecular weight is 446 g/mol. The molecule has 0 radical (unpaired) electrons. The molecule has 0 atom stereocenters. The summed E-state index contributed by atoms with van der Waals surface area (Å²) in [5, 5.41) is 11.9. The lowest BCUT2D eigenvalue weighted by Gasteiger charge is -2.34. The highest BCUT2D eigenvalue weighted by Crippen LogP contribution is 2.19. The summed E-state index contributed by atoms with van der Waals surface area (Å²) in [4.78, 5) is 20.4. The molecule has 8 heteroatoms. The first kappa shape index (κ1) is 20.1. The van der Waals surface area contributed by atoms with E-state index in [-0.39, 0.29) is 24.4 Å². The molecule has 0 aliphatic carbocycles. The van der Waals surface area contributed by atoms with Gasteiger partial charge in [0.1, 0.15) is 17.7 Å². The van der Waals surface area contributed by atoms with Gasteiger partial charge < -0.3 is 15.1 Å². The van der Waals surface area contributed by atoms with E-state index in [4.69, 9.17) is 5.26 Å². The van der Waals surface area contributed by atoms with Crippen molar-refractivity contribution in [3.05, 3.63) is 57.9 Å². The Morgan fingerprint density at radius 1 is 1.39 bits per heavy atom. The molecule has 2 aromatic rings. The number of nitriles is 1. The highest BCUT2D eigenvalue weighted by molar-refractivity contribution is 9.10. The van der Waals surface area contributed by atoms with Gasteiger partial charge in [-0.15, -0.1) is 0 Å². The van der Waals surface area contributed by atoms with E-state index < -0.39 is 0 Å². The van der Waals surface area contributed by atoms with Crippen molar-refractivity contribution in [2.45, 2.75) is 25.4 Å². The molecule has 6 nitrogen and oxygen atoms in total. The number of pyridine rings is 1. The van der Waals surface area contributed by atoms with Crippen LogP contribution in [0.3, 0.4) is 0 Å². The molecule has 3 rings (SSSR count). The number of rotatable bonds is 4. The Morgan fingerprint density at radius 3 is 2.79 bits per heavy atom. The number of nitrogens with one attached hydrogen (secondary N) is 1. The van der Waals surface area contributed by atoms with E-state index in [0.717, 1.165) is 36.2 Å². The lowest BCUT2D eigenvalue weighted by atomic mass is 10.1. The molecule has 0 saturated carbocycles. The number of halogens is 2. The Kier molecular flexibility index (Phi) is 6.47. The molecule has 2 heterocycles. The van der Waals surface area contributed by atoms with Gasteiger partial charge in [-0.05, 0) is 43.2 Å². The zero-order chi connectivity index (χ0) is 20.1. The number of urea groups is 1. The number of hydrogen-bond donors (Lipinski definition) is 1. The molecule has 0 spiro atoms. The van der Waals surface area contributed by atoms with Gasteiger partial charge in [-0.25, -0.2) is 14.2 Å². The Balaban J connectivity index is 1.50. The van der Waals surface area contributed by atoms with Gasteiger partial charge in [0.2, 0.25) is 0 Å². The normalized spacial score (nSPS) is 14.4. The minimum absolute atomic E-state index is 0.0666. The summed E-state index contributed by atoms with van der Waals surface area (Å²) in [6.45, 7) is 1.74. The number of aromatic nitrogens is 1. The molecular weight excluding hydrogens is 425 g/mol. The molecule has 1 aromatic carbocycles. The zero-order valence-corrected chi connectivity index (χ0v) is 17.1. The van der Waals surface area contributed by atoms with E-state index in [1.807, 2.05) is 6.07 Å². The van der Waals surface area contributed by atoms with Gasteiger partial charge in [0.25, 0.3) is 0 Å². The summed E-state index contributed by atoms with van der Waals surface area (Å²) in [6.07, 6.45) is 3.16. The lowest BCUT2D eigenvalue weighted by molar-refractivity contribution is 0.199. The third-order valence-electron chi connectivity index (χ3n) is 4.79. The van der Waals surface area contributed by atoms with E-state index in [9.17, 15) is 9.18 Å². The standard InChI is InChI=1S/C20H21BrFN5O/c1-26(13-15-10-16(21)3-4-18(15)22)20(28)25-17-6-8-27(9-7-17)19-5-2-14(11-23)12-24-19/h2-5,10,12,17H,6-9,13H2,1H3,(H,25,28). The fourth-order valence-corrected chi connectivity index (χ4v) is 3.58. The molecule has 1 aliphatic rings. The summed E-state index contributed by atoms with van der Waals surface area (Å²) >= 11 is 3.32. The first-order valence-electron chi connectivity index (χ1n) is 9.03. The number of hydrogen-bond acceptors (Lipinski definition) is 4. The quantitative estimate of drug-likeness (QED) is 0.778. The minimum Gasteiger partial charge on any atom is -0.356 e. The van der Waals surface area contributed by atoms with Crippen molar-refractivity contribution in [3.8, 4) is 6.07 Å². The third kappa shape index (κ3) is 4.98. The molecule has 0 unspecified atom stereocenters. The van der Waals surface area contributed by atoms with Crippen LogP contribution in [-0.2, 0) is 6.54 Å². The monoisotopic (exact) mass is 445 g/mol. The summed E-state index contributed by atoms with van der Waals surface area (Å²) in [5.41, 5.74) is 1.00. The predicted octanol–water partition coefficient (Wildman–Crippen LogP) is 3.67. The van der Waals surface area contributed by atoms with E-state index in [2.05, 4.69) is 37.2 Å². The van der Waals surface area contributed by atoms with Crippen LogP contribution >= 0.6 is 15.9 Å². The third-order valence-corrected chi connectivity index (χ3v) is 5.28. The van der Waals surface area contributed by atoms with E-state index in [1.54, 1.807) is 31.4 Å². The maximum Gasteiger partial charge on any atom is 0.317 e. The number of anilines is 1. The SMILES string of the molecule is CN(Cc1cc(Br)ccc1F)C(=O)NC1CCN(c2ccc(C#N)cn2)CC1. The Hall–Kier alpha value is -2.66. The topological polar surface area (TPSA) is 72.3 Å². The minimum atomic E-state index is -0.328. The van der Waals surface area contributed by atoms with Crippen LogP contribution in [-0.4, -0.2) is 42.1 Å². The van der Waals surface area contributed by atoms with Crippen molar-refractivity contribution >= 4 is 27.8 Å². The maximum absolute atomic E-state index is 13.9. The second kappa shape index (κ2) is 9.02. The second-order valence-electron chi connectivity index (χ2n) is 6.82. The van der Waals surface area contributed by atoms with E-state index in [0.29, 0.717) is 11.1 Å². The molecule has 28 heavy (non-hydrogen) atoms. The zero-order valence-electron chi connectivity index (χ0n) is 15.5. The lowest BCUT2D eigenvalue weighted by Crippen LogP contribution is -2.48. The van der Waals surface area contributed by atoms with E-state index in [1.165, 1.54) is 11.0 Å². The van der Waals surface area contributed by atoms with Gasteiger partial charge in [0.05, 0.1) is 5.56 Å². The summed E-state index contributed by atoms with van der Waals surface area (Å²) < 4.78 is 14.7. The first-order valence-corrected chi connectivity index (χ1v) is 9.82. The molecular formula is C20H21BrFN5O. The largest absolute Gasteiger partial charge is 0.356 e. The van der Waals surface area contributed by atoms with Crippen molar-refractivity contribution in [1.29, 1.82) is 5.26 Å². The van der Waals surface area contributed by atoms with Crippen LogP contribution in [0.1, 0.15) is 24.0 Å². The Morgan fingerprint density at radius 2 is 2.14 bits per heavy atom. The van der Waals surface area contributed by atoms with Crippen LogP contribution in [0.5, 0.6) is 0 Å². The second-order valence-corrected chi connectivity index (χ2v) is 7.74. The molecule has 146 valence electrons. The van der Waals surface area contributed by atoms with Crippen molar-refractivity contribution in [2.75, 3.05) is 25.0 Å². The van der Waals surface area contributed by atoms with E-state index >= 15 is 0 Å². The molecule has 2 amide bonds. The van der Waals surface area contributed by atoms with Gasteiger partial charge >= 0.3 is 6.03 Å². The van der Waals surface area contributed by atoms with Gasteiger partial charge in [0.15, 0.2) is 0 Å². The van der Waals surface area contributed by atoms with Crippen LogP contribution in [0.2, 0.25) is 0 Å². The fraction of sp³-hybridized carbons (Fsp3) is 0.350. The highest BCUT2D eigenvalue weighted by Gasteiger charge is 2.23. The first-order chi connectivity index (χ1) is 13.5. The van der Waals surface area contributed by atoms with Crippen molar-refractivity contribution in [1.82, 2.24) is 15.2 Å². The average Bonchev–Trinajstić information content (AvgIpc) is 2.71. The maximum atomic E-state index is 13.9. The molecule has 1 fully saturated rings. The number of carbonyl (C=O) groups excluding carboxylic acids is 1. The number of amides is 2. The van der Waals surface area contributed by atoms with Gasteiger partial charge in [-0.3, -0.25) is 0 Å². The van der Waals surface area contributed by atoms with Crippen LogP contribution in [0.25, 0.3) is 0 Å².